The molecule has 0 heterocycles. The highest BCUT2D eigenvalue weighted by atomic mass is 32.2. The summed E-state index contributed by atoms with van der Waals surface area (Å²) in [6.45, 7) is 11.2. The predicted octanol–water partition coefficient (Wildman–Crippen LogP) is 3.07. The summed E-state index contributed by atoms with van der Waals surface area (Å²) in [6.07, 6.45) is -0.835. The molecule has 0 aliphatic rings. The number of carbonyl (C=O) groups excluding carboxylic acids is 2. The molecule has 0 atom stereocenters. The Morgan fingerprint density at radius 2 is 1.75 bits per heavy atom. The molecule has 0 radical (unpaired) electrons. The second kappa shape index (κ2) is 8.19. The van der Waals surface area contributed by atoms with Crippen LogP contribution in [0.1, 0.15) is 37.5 Å². The van der Waals surface area contributed by atoms with Crippen molar-refractivity contribution in [2.75, 3.05) is 5.75 Å². The number of hydrogen-bond acceptors (Lipinski definition) is 4. The lowest BCUT2D eigenvalue weighted by Crippen LogP contribution is -2.39. The summed E-state index contributed by atoms with van der Waals surface area (Å²) in [5, 5.41) is 2.38. The first-order valence-corrected chi connectivity index (χ1v) is 8.54. The van der Waals surface area contributed by atoms with E-state index in [0.717, 1.165) is 16.0 Å². The molecule has 2 amide bonds. The highest BCUT2D eigenvalue weighted by Gasteiger charge is 2.16. The number of aliphatic imine (C=N–C) groups is 1. The van der Waals surface area contributed by atoms with Gasteiger partial charge in [-0.15, -0.1) is 16.8 Å². The number of nitrogens with two attached hydrogens (primary N) is 1. The van der Waals surface area contributed by atoms with E-state index in [0.29, 0.717) is 0 Å². The maximum Gasteiger partial charge on any atom is 0.437 e. The zero-order chi connectivity index (χ0) is 18.5. The summed E-state index contributed by atoms with van der Waals surface area (Å²) < 4.78 is 5.00. The van der Waals surface area contributed by atoms with Gasteiger partial charge in [0, 0.05) is 4.90 Å². The van der Waals surface area contributed by atoms with Gasteiger partial charge in [-0.25, -0.2) is 4.79 Å². The van der Waals surface area contributed by atoms with Crippen LogP contribution in [0.2, 0.25) is 0 Å². The lowest BCUT2D eigenvalue weighted by Gasteiger charge is -2.17. The van der Waals surface area contributed by atoms with E-state index in [2.05, 4.69) is 22.4 Å². The van der Waals surface area contributed by atoms with Gasteiger partial charge in [0.1, 0.15) is 5.60 Å². The van der Waals surface area contributed by atoms with E-state index >= 15 is 0 Å². The molecule has 1 aromatic rings. The number of guanidine groups is 1. The van der Waals surface area contributed by atoms with Crippen molar-refractivity contribution in [3.05, 3.63) is 28.8 Å². The van der Waals surface area contributed by atoms with Crippen LogP contribution >= 0.6 is 11.8 Å². The third-order valence-electron chi connectivity index (χ3n) is 2.82. The molecule has 0 aromatic heterocycles. The van der Waals surface area contributed by atoms with Crippen LogP contribution in [0.3, 0.4) is 0 Å². The van der Waals surface area contributed by atoms with Crippen molar-refractivity contribution < 1.29 is 14.3 Å². The second-order valence-corrected chi connectivity index (χ2v) is 7.53. The minimum Gasteiger partial charge on any atom is -0.442 e. The van der Waals surface area contributed by atoms with E-state index in [4.69, 9.17) is 10.5 Å². The van der Waals surface area contributed by atoms with Gasteiger partial charge in [0.2, 0.25) is 11.9 Å². The van der Waals surface area contributed by atoms with E-state index < -0.39 is 11.7 Å². The molecule has 0 saturated heterocycles. The average Bonchev–Trinajstić information content (AvgIpc) is 2.34. The van der Waals surface area contributed by atoms with E-state index in [1.165, 1.54) is 17.3 Å². The van der Waals surface area contributed by atoms with Gasteiger partial charge in [-0.2, -0.15) is 0 Å². The summed E-state index contributed by atoms with van der Waals surface area (Å²) in [5.41, 5.74) is 8.32. The standard InChI is InChI=1S/C17H25N3O3S/c1-10-7-11(2)14(12(3)8-10)24-9-13(21)19-15(18)20-16(22)23-17(4,5)6/h7-8H,9H2,1-6H3,(H3,18,19,20,21,22). The topological polar surface area (TPSA) is 93.8 Å². The van der Waals surface area contributed by atoms with Crippen LogP contribution in [0.4, 0.5) is 4.79 Å². The van der Waals surface area contributed by atoms with Crippen molar-refractivity contribution in [1.82, 2.24) is 5.32 Å². The molecule has 0 aliphatic carbocycles. The molecule has 0 aliphatic heterocycles. The molecule has 1 rings (SSSR count). The number of nitrogens with zero attached hydrogens (tertiary/aromatic N) is 1. The molecule has 3 N–H and O–H groups in total. The summed E-state index contributed by atoms with van der Waals surface area (Å²) in [5.74, 6) is -0.425. The smallest absolute Gasteiger partial charge is 0.437 e. The number of benzene rings is 1. The van der Waals surface area contributed by atoms with Crippen molar-refractivity contribution in [3.8, 4) is 0 Å². The lowest BCUT2D eigenvalue weighted by atomic mass is 10.1. The maximum absolute atomic E-state index is 11.9. The lowest BCUT2D eigenvalue weighted by molar-refractivity contribution is -0.117. The first kappa shape index (κ1) is 20.0. The van der Waals surface area contributed by atoms with Crippen LogP contribution in [0.15, 0.2) is 22.0 Å². The summed E-state index contributed by atoms with van der Waals surface area (Å²) in [6, 6.07) is 4.15. The molecule has 1 aromatic carbocycles. The Hall–Kier alpha value is -2.02. The zero-order valence-corrected chi connectivity index (χ0v) is 15.8. The number of thioether (sulfide) groups is 1. The van der Waals surface area contributed by atoms with Crippen molar-refractivity contribution in [1.29, 1.82) is 0 Å². The van der Waals surface area contributed by atoms with E-state index in [1.807, 2.05) is 20.8 Å². The van der Waals surface area contributed by atoms with Crippen LogP contribution in [0, 0.1) is 20.8 Å². The molecule has 24 heavy (non-hydrogen) atoms. The largest absolute Gasteiger partial charge is 0.442 e. The van der Waals surface area contributed by atoms with Gasteiger partial charge in [0.05, 0.1) is 5.75 Å². The highest BCUT2D eigenvalue weighted by Crippen LogP contribution is 2.27. The maximum atomic E-state index is 11.9. The molecule has 0 saturated carbocycles. The molecule has 6 nitrogen and oxygen atoms in total. The Morgan fingerprint density at radius 3 is 2.25 bits per heavy atom. The number of carbonyl (C=O) groups is 2. The van der Waals surface area contributed by atoms with E-state index in [-0.39, 0.29) is 17.6 Å². The van der Waals surface area contributed by atoms with Crippen molar-refractivity contribution in [2.24, 2.45) is 10.7 Å². The first-order chi connectivity index (χ1) is 11.0. The van der Waals surface area contributed by atoms with E-state index in [9.17, 15) is 9.59 Å². The minimum absolute atomic E-state index is 0.176. The van der Waals surface area contributed by atoms with Gasteiger partial charge < -0.3 is 10.5 Å². The third kappa shape index (κ3) is 7.04. The van der Waals surface area contributed by atoms with Gasteiger partial charge in [-0.05, 0) is 52.7 Å². The van der Waals surface area contributed by atoms with Crippen molar-refractivity contribution in [2.45, 2.75) is 52.0 Å². The number of hydrogen-bond donors (Lipinski definition) is 2. The normalized spacial score (nSPS) is 12.0. The second-order valence-electron chi connectivity index (χ2n) is 6.54. The van der Waals surface area contributed by atoms with Crippen LogP contribution in [0.25, 0.3) is 0 Å². The fourth-order valence-corrected chi connectivity index (χ4v) is 3.04. The van der Waals surface area contributed by atoms with Gasteiger partial charge in [0.25, 0.3) is 0 Å². The molecule has 0 bridgehead atoms. The Balaban J connectivity index is 2.59. The zero-order valence-electron chi connectivity index (χ0n) is 15.0. The number of aryl methyl sites for hydroxylation is 3. The minimum atomic E-state index is -0.835. The van der Waals surface area contributed by atoms with Gasteiger partial charge in [-0.3, -0.25) is 10.1 Å². The summed E-state index contributed by atoms with van der Waals surface area (Å²) in [7, 11) is 0. The van der Waals surface area contributed by atoms with Gasteiger partial charge >= 0.3 is 6.09 Å². The van der Waals surface area contributed by atoms with Gasteiger partial charge in [0.15, 0.2) is 0 Å². The molecular formula is C17H25N3O3S. The predicted molar refractivity (Wildman–Crippen MR) is 97.4 cm³/mol. The first-order valence-electron chi connectivity index (χ1n) is 7.55. The van der Waals surface area contributed by atoms with Crippen molar-refractivity contribution >= 4 is 29.7 Å². The Kier molecular flexibility index (Phi) is 6.83. The Labute approximate surface area is 147 Å². The molecule has 0 unspecified atom stereocenters. The monoisotopic (exact) mass is 351 g/mol. The van der Waals surface area contributed by atoms with Crippen LogP contribution in [-0.4, -0.2) is 29.3 Å². The fraction of sp³-hybridized carbons (Fsp3) is 0.471. The average molecular weight is 351 g/mol. The summed E-state index contributed by atoms with van der Waals surface area (Å²) >= 11 is 1.42. The molecular weight excluding hydrogens is 326 g/mol. The van der Waals surface area contributed by atoms with E-state index in [1.54, 1.807) is 20.8 Å². The molecule has 0 fully saturated rings. The van der Waals surface area contributed by atoms with Gasteiger partial charge in [-0.1, -0.05) is 17.7 Å². The third-order valence-corrected chi connectivity index (χ3v) is 4.16. The molecule has 0 spiro atoms. The quantitative estimate of drug-likeness (QED) is 0.496. The molecule has 132 valence electrons. The number of rotatable bonds is 3. The van der Waals surface area contributed by atoms with Crippen LogP contribution in [0.5, 0.6) is 0 Å². The number of nitrogens with one attached hydrogen (secondary N) is 1. The number of ether oxygens (including phenoxy) is 1. The fourth-order valence-electron chi connectivity index (χ4n) is 2.12. The SMILES string of the molecule is Cc1cc(C)c(SCC(=O)NC(N)=NC(=O)OC(C)(C)C)c(C)c1. The van der Waals surface area contributed by atoms with Crippen LogP contribution < -0.4 is 11.1 Å². The summed E-state index contributed by atoms with van der Waals surface area (Å²) in [4.78, 5) is 28.0. The van der Waals surface area contributed by atoms with Crippen molar-refractivity contribution in [3.63, 3.8) is 0 Å². The molecule has 7 heteroatoms. The van der Waals surface area contributed by atoms with Crippen LogP contribution in [-0.2, 0) is 9.53 Å². The number of amides is 2. The highest BCUT2D eigenvalue weighted by molar-refractivity contribution is 8.00. The Morgan fingerprint density at radius 1 is 1.21 bits per heavy atom. The Bertz CT molecular complexity index is 641.